The predicted octanol–water partition coefficient (Wildman–Crippen LogP) is 1.76. The Balaban J connectivity index is 2.23. The summed E-state index contributed by atoms with van der Waals surface area (Å²) in [6.07, 6.45) is 4.17. The minimum absolute atomic E-state index is 0.126. The van der Waals surface area contributed by atoms with E-state index in [1.54, 1.807) is 6.20 Å². The normalized spacial score (nSPS) is 16.9. The molecule has 1 saturated heterocycles. The largest absolute Gasteiger partial charge is 0.475 e. The highest BCUT2D eigenvalue weighted by molar-refractivity contribution is 5.83. The molecule has 5 nitrogen and oxygen atoms in total. The van der Waals surface area contributed by atoms with Crippen LogP contribution in [0.4, 0.5) is 0 Å². The van der Waals surface area contributed by atoms with Crippen LogP contribution in [0.25, 0.3) is 0 Å². The maximum atomic E-state index is 11.1. The summed E-state index contributed by atoms with van der Waals surface area (Å²) < 4.78 is 1.82. The van der Waals surface area contributed by atoms with Gasteiger partial charge in [-0.2, -0.15) is 0 Å². The van der Waals surface area contributed by atoms with Gasteiger partial charge in [-0.1, -0.05) is 0 Å². The minimum Gasteiger partial charge on any atom is -0.475 e. The highest BCUT2D eigenvalue weighted by atomic mass is 16.4. The van der Waals surface area contributed by atoms with Gasteiger partial charge in [0.15, 0.2) is 0 Å². The second-order valence-corrected chi connectivity index (χ2v) is 4.83. The summed E-state index contributed by atoms with van der Waals surface area (Å²) >= 11 is 0. The van der Waals surface area contributed by atoms with Crippen LogP contribution in [0.2, 0.25) is 0 Å². The van der Waals surface area contributed by atoms with E-state index in [0.717, 1.165) is 25.3 Å². The number of carbonyl (C=O) groups is 1. The number of carboxylic acid groups (broad SMARTS) is 1. The van der Waals surface area contributed by atoms with Crippen molar-refractivity contribution in [2.24, 2.45) is 0 Å². The zero-order valence-electron chi connectivity index (χ0n) is 10.4. The lowest BCUT2D eigenvalue weighted by Gasteiger charge is -2.18. The Labute approximate surface area is 101 Å². The van der Waals surface area contributed by atoms with Crippen molar-refractivity contribution in [3.8, 4) is 0 Å². The molecule has 0 unspecified atom stereocenters. The van der Waals surface area contributed by atoms with Gasteiger partial charge in [-0.25, -0.2) is 9.78 Å². The van der Waals surface area contributed by atoms with Crippen LogP contribution in [0, 0.1) is 0 Å². The predicted molar refractivity (Wildman–Crippen MR) is 64.1 cm³/mol. The number of aromatic nitrogens is 2. The van der Waals surface area contributed by atoms with Gasteiger partial charge in [-0.15, -0.1) is 0 Å². The quantitative estimate of drug-likeness (QED) is 0.866. The van der Waals surface area contributed by atoms with Gasteiger partial charge in [0.2, 0.25) is 5.82 Å². The highest BCUT2D eigenvalue weighted by Gasteiger charge is 2.20. The second kappa shape index (κ2) is 4.87. The van der Waals surface area contributed by atoms with Crippen LogP contribution in [0.1, 0.15) is 49.0 Å². The van der Waals surface area contributed by atoms with Crippen molar-refractivity contribution in [1.82, 2.24) is 14.5 Å². The van der Waals surface area contributed by atoms with Crippen LogP contribution in [0.3, 0.4) is 0 Å². The van der Waals surface area contributed by atoms with Crippen LogP contribution < -0.4 is 0 Å². The first-order chi connectivity index (χ1) is 8.09. The summed E-state index contributed by atoms with van der Waals surface area (Å²) in [7, 11) is 0. The van der Waals surface area contributed by atoms with E-state index in [4.69, 9.17) is 5.11 Å². The second-order valence-electron chi connectivity index (χ2n) is 4.83. The SMILES string of the molecule is CC(C)n1c(CN2CCCC2)cnc1C(=O)O. The Kier molecular flexibility index (Phi) is 3.47. The molecule has 1 N–H and O–H groups in total. The fourth-order valence-corrected chi connectivity index (χ4v) is 2.42. The van der Waals surface area contributed by atoms with E-state index in [1.165, 1.54) is 12.8 Å². The molecule has 0 aliphatic carbocycles. The van der Waals surface area contributed by atoms with Crippen LogP contribution >= 0.6 is 0 Å². The Morgan fingerprint density at radius 2 is 2.12 bits per heavy atom. The lowest BCUT2D eigenvalue weighted by atomic mass is 10.3. The molecule has 1 aromatic heterocycles. The first kappa shape index (κ1) is 12.1. The number of imidazole rings is 1. The monoisotopic (exact) mass is 237 g/mol. The molecule has 17 heavy (non-hydrogen) atoms. The van der Waals surface area contributed by atoms with E-state index in [1.807, 2.05) is 18.4 Å². The van der Waals surface area contributed by atoms with Crippen LogP contribution in [0.5, 0.6) is 0 Å². The highest BCUT2D eigenvalue weighted by Crippen LogP contribution is 2.18. The summed E-state index contributed by atoms with van der Waals surface area (Å²) in [4.78, 5) is 17.4. The number of aromatic carboxylic acids is 1. The summed E-state index contributed by atoms with van der Waals surface area (Å²) in [5, 5.41) is 9.09. The number of hydrogen-bond acceptors (Lipinski definition) is 3. The Morgan fingerprint density at radius 3 is 2.65 bits per heavy atom. The third-order valence-corrected chi connectivity index (χ3v) is 3.17. The van der Waals surface area contributed by atoms with E-state index >= 15 is 0 Å². The number of hydrogen-bond donors (Lipinski definition) is 1. The fourth-order valence-electron chi connectivity index (χ4n) is 2.42. The zero-order chi connectivity index (χ0) is 12.4. The van der Waals surface area contributed by atoms with Crippen molar-refractivity contribution in [1.29, 1.82) is 0 Å². The van der Waals surface area contributed by atoms with Crippen molar-refractivity contribution in [3.63, 3.8) is 0 Å². The summed E-state index contributed by atoms with van der Waals surface area (Å²) in [6.45, 7) is 6.99. The molecular formula is C12H19N3O2. The number of rotatable bonds is 4. The molecule has 1 aliphatic heterocycles. The van der Waals surface area contributed by atoms with E-state index in [-0.39, 0.29) is 11.9 Å². The van der Waals surface area contributed by atoms with Gasteiger partial charge in [0.05, 0.1) is 11.9 Å². The topological polar surface area (TPSA) is 58.4 Å². The third kappa shape index (κ3) is 2.49. The van der Waals surface area contributed by atoms with Crippen LogP contribution in [0.15, 0.2) is 6.20 Å². The Hall–Kier alpha value is -1.36. The summed E-state index contributed by atoms with van der Waals surface area (Å²) in [5.41, 5.74) is 0.999. The summed E-state index contributed by atoms with van der Waals surface area (Å²) in [6, 6.07) is 0.126. The molecule has 0 aromatic carbocycles. The van der Waals surface area contributed by atoms with Crippen molar-refractivity contribution in [3.05, 3.63) is 17.7 Å². The standard InChI is InChI=1S/C12H19N3O2/c1-9(2)15-10(7-13-11(15)12(16)17)8-14-5-3-4-6-14/h7,9H,3-6,8H2,1-2H3,(H,16,17). The molecule has 1 aliphatic rings. The maximum Gasteiger partial charge on any atom is 0.372 e. The lowest BCUT2D eigenvalue weighted by Crippen LogP contribution is -2.22. The van der Waals surface area contributed by atoms with E-state index in [2.05, 4.69) is 9.88 Å². The molecule has 0 amide bonds. The third-order valence-electron chi connectivity index (χ3n) is 3.17. The molecule has 2 heterocycles. The van der Waals surface area contributed by atoms with E-state index < -0.39 is 5.97 Å². The van der Waals surface area contributed by atoms with Gasteiger partial charge in [-0.05, 0) is 39.8 Å². The zero-order valence-corrected chi connectivity index (χ0v) is 10.4. The first-order valence-corrected chi connectivity index (χ1v) is 6.11. The maximum absolute atomic E-state index is 11.1. The molecule has 94 valence electrons. The molecule has 0 radical (unpaired) electrons. The fraction of sp³-hybridized carbons (Fsp3) is 0.667. The van der Waals surface area contributed by atoms with Crippen molar-refractivity contribution < 1.29 is 9.90 Å². The Morgan fingerprint density at radius 1 is 1.47 bits per heavy atom. The lowest BCUT2D eigenvalue weighted by molar-refractivity contribution is 0.0675. The van der Waals surface area contributed by atoms with Gasteiger partial charge in [0, 0.05) is 12.6 Å². The molecule has 2 rings (SSSR count). The van der Waals surface area contributed by atoms with Crippen molar-refractivity contribution >= 4 is 5.97 Å². The number of likely N-dealkylation sites (tertiary alicyclic amines) is 1. The smallest absolute Gasteiger partial charge is 0.372 e. The number of nitrogens with zero attached hydrogens (tertiary/aromatic N) is 3. The van der Waals surface area contributed by atoms with Crippen molar-refractivity contribution in [2.45, 2.75) is 39.3 Å². The molecule has 0 saturated carbocycles. The first-order valence-electron chi connectivity index (χ1n) is 6.11. The Bertz CT molecular complexity index is 406. The number of carboxylic acids is 1. The van der Waals surface area contributed by atoms with Gasteiger partial charge in [0.25, 0.3) is 0 Å². The van der Waals surface area contributed by atoms with Gasteiger partial charge in [-0.3, -0.25) is 4.90 Å². The molecular weight excluding hydrogens is 218 g/mol. The van der Waals surface area contributed by atoms with Gasteiger partial charge >= 0.3 is 5.97 Å². The average molecular weight is 237 g/mol. The minimum atomic E-state index is -0.952. The van der Waals surface area contributed by atoms with E-state index in [9.17, 15) is 4.79 Å². The molecule has 0 spiro atoms. The molecule has 0 atom stereocenters. The van der Waals surface area contributed by atoms with Crippen LogP contribution in [-0.4, -0.2) is 38.6 Å². The van der Waals surface area contributed by atoms with Crippen molar-refractivity contribution in [2.75, 3.05) is 13.1 Å². The molecule has 1 fully saturated rings. The van der Waals surface area contributed by atoms with Gasteiger partial charge in [0.1, 0.15) is 0 Å². The van der Waals surface area contributed by atoms with Gasteiger partial charge < -0.3 is 9.67 Å². The van der Waals surface area contributed by atoms with Crippen LogP contribution in [-0.2, 0) is 6.54 Å². The summed E-state index contributed by atoms with van der Waals surface area (Å²) in [5.74, 6) is -0.805. The molecule has 5 heteroatoms. The van der Waals surface area contributed by atoms with E-state index in [0.29, 0.717) is 0 Å². The molecule has 1 aromatic rings. The molecule has 0 bridgehead atoms. The average Bonchev–Trinajstić information content (AvgIpc) is 2.86.